The molecule has 1 rings (SSSR count). The van der Waals surface area contributed by atoms with E-state index in [2.05, 4.69) is 4.74 Å². The summed E-state index contributed by atoms with van der Waals surface area (Å²) in [5.41, 5.74) is 0.505. The van der Waals surface area contributed by atoms with Crippen molar-refractivity contribution in [1.82, 2.24) is 0 Å². The van der Waals surface area contributed by atoms with Crippen molar-refractivity contribution in [3.05, 3.63) is 29.8 Å². The van der Waals surface area contributed by atoms with E-state index in [1.807, 2.05) is 0 Å². The molecule has 0 aliphatic carbocycles. The van der Waals surface area contributed by atoms with Gasteiger partial charge in [0, 0.05) is 20.3 Å². The first kappa shape index (κ1) is 15.5. The molecule has 0 amide bonds. The topological polar surface area (TPSA) is 54.0 Å². The van der Waals surface area contributed by atoms with Crippen LogP contribution in [0.5, 0.6) is 5.75 Å². The van der Waals surface area contributed by atoms with E-state index < -0.39 is 0 Å². The molecule has 0 heterocycles. The number of hydrogen-bond acceptors (Lipinski definition) is 5. The van der Waals surface area contributed by atoms with Gasteiger partial charge in [-0.2, -0.15) is 0 Å². The summed E-state index contributed by atoms with van der Waals surface area (Å²) in [6.07, 6.45) is 0.879. The number of methoxy groups -OCH3 is 2. The van der Waals surface area contributed by atoms with Crippen molar-refractivity contribution in [2.75, 3.05) is 40.6 Å². The van der Waals surface area contributed by atoms with Gasteiger partial charge < -0.3 is 18.9 Å². The van der Waals surface area contributed by atoms with Gasteiger partial charge in [0.15, 0.2) is 0 Å². The average Bonchev–Trinajstić information content (AvgIpc) is 2.46. The van der Waals surface area contributed by atoms with E-state index in [0.717, 1.165) is 6.42 Å². The molecule has 0 aliphatic rings. The van der Waals surface area contributed by atoms with Crippen LogP contribution >= 0.6 is 0 Å². The monoisotopic (exact) mass is 268 g/mol. The lowest BCUT2D eigenvalue weighted by Crippen LogP contribution is -2.08. The third-order valence-electron chi connectivity index (χ3n) is 2.41. The number of ether oxygens (including phenoxy) is 4. The Morgan fingerprint density at radius 1 is 1.00 bits per heavy atom. The Morgan fingerprint density at radius 2 is 1.74 bits per heavy atom. The normalized spacial score (nSPS) is 10.2. The summed E-state index contributed by atoms with van der Waals surface area (Å²) < 4.78 is 20.4. The lowest BCUT2D eigenvalue weighted by atomic mass is 10.2. The van der Waals surface area contributed by atoms with Crippen LogP contribution in [-0.2, 0) is 14.2 Å². The number of hydrogen-bond donors (Lipinski definition) is 0. The molecule has 0 radical (unpaired) electrons. The van der Waals surface area contributed by atoms with Gasteiger partial charge >= 0.3 is 5.97 Å². The number of rotatable bonds is 9. The minimum Gasteiger partial charge on any atom is -0.491 e. The fraction of sp³-hybridized carbons (Fsp3) is 0.500. The zero-order valence-electron chi connectivity index (χ0n) is 11.4. The summed E-state index contributed by atoms with van der Waals surface area (Å²) in [7, 11) is 3.02. The van der Waals surface area contributed by atoms with Crippen molar-refractivity contribution < 1.29 is 23.7 Å². The average molecular weight is 268 g/mol. The van der Waals surface area contributed by atoms with Crippen LogP contribution < -0.4 is 4.74 Å². The molecule has 0 N–H and O–H groups in total. The van der Waals surface area contributed by atoms with E-state index in [0.29, 0.717) is 37.7 Å². The van der Waals surface area contributed by atoms with Gasteiger partial charge in [-0.25, -0.2) is 4.79 Å². The molecule has 0 saturated heterocycles. The molecular formula is C14H20O5. The maximum Gasteiger partial charge on any atom is 0.337 e. The Hall–Kier alpha value is -1.59. The van der Waals surface area contributed by atoms with Gasteiger partial charge in [-0.3, -0.25) is 0 Å². The highest BCUT2D eigenvalue weighted by Crippen LogP contribution is 2.12. The van der Waals surface area contributed by atoms with Crippen LogP contribution in [0, 0.1) is 0 Å². The van der Waals surface area contributed by atoms with E-state index in [1.54, 1.807) is 31.4 Å². The van der Waals surface area contributed by atoms with Crippen LogP contribution in [0.1, 0.15) is 16.8 Å². The number of esters is 1. The predicted molar refractivity (Wildman–Crippen MR) is 70.6 cm³/mol. The van der Waals surface area contributed by atoms with E-state index >= 15 is 0 Å². The Bertz CT molecular complexity index is 361. The Morgan fingerprint density at radius 3 is 2.37 bits per heavy atom. The van der Waals surface area contributed by atoms with Gasteiger partial charge in [-0.1, -0.05) is 0 Å². The summed E-state index contributed by atoms with van der Waals surface area (Å²) in [5, 5.41) is 0. The zero-order chi connectivity index (χ0) is 13.9. The molecule has 1 aromatic rings. The highest BCUT2D eigenvalue weighted by molar-refractivity contribution is 5.89. The molecule has 19 heavy (non-hydrogen) atoms. The number of carbonyl (C=O) groups excluding carboxylic acids is 1. The molecule has 5 heteroatoms. The highest BCUT2D eigenvalue weighted by Gasteiger charge is 2.04. The quantitative estimate of drug-likeness (QED) is 0.506. The van der Waals surface area contributed by atoms with Crippen LogP contribution in [-0.4, -0.2) is 46.6 Å². The number of carbonyl (C=O) groups is 1. The Labute approximate surface area is 113 Å². The molecule has 5 nitrogen and oxygen atoms in total. The second-order valence-electron chi connectivity index (χ2n) is 3.82. The smallest absolute Gasteiger partial charge is 0.337 e. The standard InChI is InChI=1S/C14H20O5/c1-16-8-3-9-18-10-11-19-13-6-4-12(5-7-13)14(15)17-2/h4-7H,3,8-11H2,1-2H3. The molecule has 0 spiro atoms. The van der Waals surface area contributed by atoms with Crippen LogP contribution in [0.3, 0.4) is 0 Å². The van der Waals surface area contributed by atoms with Crippen LogP contribution in [0.15, 0.2) is 24.3 Å². The van der Waals surface area contributed by atoms with Gasteiger partial charge in [0.1, 0.15) is 12.4 Å². The minimum absolute atomic E-state index is 0.354. The summed E-state index contributed by atoms with van der Waals surface area (Å²) in [4.78, 5) is 11.2. The van der Waals surface area contributed by atoms with Crippen molar-refractivity contribution in [1.29, 1.82) is 0 Å². The van der Waals surface area contributed by atoms with Crippen molar-refractivity contribution in [2.24, 2.45) is 0 Å². The molecule has 1 aromatic carbocycles. The molecular weight excluding hydrogens is 248 g/mol. The van der Waals surface area contributed by atoms with Crippen LogP contribution in [0.2, 0.25) is 0 Å². The van der Waals surface area contributed by atoms with Gasteiger partial charge in [0.25, 0.3) is 0 Å². The molecule has 0 saturated carbocycles. The van der Waals surface area contributed by atoms with Crippen LogP contribution in [0.4, 0.5) is 0 Å². The fourth-order valence-electron chi connectivity index (χ4n) is 1.43. The van der Waals surface area contributed by atoms with Crippen molar-refractivity contribution in [3.8, 4) is 5.75 Å². The molecule has 0 aromatic heterocycles. The lowest BCUT2D eigenvalue weighted by molar-refractivity contribution is 0.0600. The summed E-state index contributed by atoms with van der Waals surface area (Å²) >= 11 is 0. The summed E-state index contributed by atoms with van der Waals surface area (Å²) in [6.45, 7) is 2.38. The lowest BCUT2D eigenvalue weighted by Gasteiger charge is -2.07. The first-order valence-corrected chi connectivity index (χ1v) is 6.15. The second kappa shape index (κ2) is 9.35. The zero-order valence-corrected chi connectivity index (χ0v) is 11.4. The number of benzene rings is 1. The van der Waals surface area contributed by atoms with Gasteiger partial charge in [-0.05, 0) is 30.7 Å². The summed E-state index contributed by atoms with van der Waals surface area (Å²) in [6, 6.07) is 6.80. The maximum atomic E-state index is 11.2. The third-order valence-corrected chi connectivity index (χ3v) is 2.41. The molecule has 0 unspecified atom stereocenters. The first-order chi connectivity index (χ1) is 9.27. The van der Waals surface area contributed by atoms with Crippen molar-refractivity contribution in [2.45, 2.75) is 6.42 Å². The predicted octanol–water partition coefficient (Wildman–Crippen LogP) is 1.91. The maximum absolute atomic E-state index is 11.2. The van der Waals surface area contributed by atoms with E-state index in [1.165, 1.54) is 7.11 Å². The molecule has 0 aliphatic heterocycles. The van der Waals surface area contributed by atoms with Crippen LogP contribution in [0.25, 0.3) is 0 Å². The Balaban J connectivity index is 2.18. The molecule has 0 bridgehead atoms. The SMILES string of the molecule is COCCCOCCOc1ccc(C(=O)OC)cc1. The summed E-state index contributed by atoms with van der Waals surface area (Å²) in [5.74, 6) is 0.348. The minimum atomic E-state index is -0.354. The van der Waals surface area contributed by atoms with Gasteiger partial charge in [-0.15, -0.1) is 0 Å². The van der Waals surface area contributed by atoms with Crippen molar-refractivity contribution >= 4 is 5.97 Å². The largest absolute Gasteiger partial charge is 0.491 e. The van der Waals surface area contributed by atoms with E-state index in [-0.39, 0.29) is 5.97 Å². The third kappa shape index (κ3) is 6.22. The van der Waals surface area contributed by atoms with E-state index in [9.17, 15) is 4.79 Å². The molecule has 0 fully saturated rings. The second-order valence-corrected chi connectivity index (χ2v) is 3.82. The molecule has 106 valence electrons. The fourth-order valence-corrected chi connectivity index (χ4v) is 1.43. The first-order valence-electron chi connectivity index (χ1n) is 6.15. The van der Waals surface area contributed by atoms with E-state index in [4.69, 9.17) is 14.2 Å². The highest BCUT2D eigenvalue weighted by atomic mass is 16.5. The van der Waals surface area contributed by atoms with Gasteiger partial charge in [0.2, 0.25) is 0 Å². The van der Waals surface area contributed by atoms with Gasteiger partial charge in [0.05, 0.1) is 19.3 Å². The molecule has 0 atom stereocenters. The Kier molecular flexibility index (Phi) is 7.62. The van der Waals surface area contributed by atoms with Crippen molar-refractivity contribution in [3.63, 3.8) is 0 Å².